The first kappa shape index (κ1) is 22.3. The molecule has 0 fully saturated rings. The van der Waals surface area contributed by atoms with Crippen LogP contribution in [0, 0.1) is 5.82 Å². The molecule has 3 aromatic carbocycles. The zero-order valence-electron chi connectivity index (χ0n) is 18.0. The van der Waals surface area contributed by atoms with Gasteiger partial charge in [-0.2, -0.15) is 5.10 Å². The topological polar surface area (TPSA) is 65.5 Å². The molecule has 1 N–H and O–H groups in total. The van der Waals surface area contributed by atoms with Gasteiger partial charge < -0.3 is 4.98 Å². The molecule has 1 aliphatic heterocycles. The Balaban J connectivity index is 1.76. The lowest BCUT2D eigenvalue weighted by molar-refractivity contribution is -0.130. The van der Waals surface area contributed by atoms with E-state index in [9.17, 15) is 14.0 Å². The molecule has 0 saturated heterocycles. The first-order valence-electron chi connectivity index (χ1n) is 10.6. The number of hydrogen-bond donors (Lipinski definition) is 1. The van der Waals surface area contributed by atoms with E-state index in [1.807, 2.05) is 30.3 Å². The summed E-state index contributed by atoms with van der Waals surface area (Å²) in [6.45, 7) is 1.34. The largest absolute Gasteiger partial charge is 0.321 e. The Morgan fingerprint density at radius 3 is 2.53 bits per heavy atom. The second-order valence-corrected chi connectivity index (χ2v) is 8.87. The van der Waals surface area contributed by atoms with Crippen LogP contribution in [-0.4, -0.2) is 21.6 Å². The Labute approximate surface area is 204 Å². The first-order chi connectivity index (χ1) is 16.3. The molecule has 0 bridgehead atoms. The quantitative estimate of drug-likeness (QED) is 0.361. The number of rotatable bonds is 3. The molecule has 5 rings (SSSR count). The second kappa shape index (κ2) is 8.70. The minimum Gasteiger partial charge on any atom is -0.321 e. The fraction of sp³-hybridized carbons (Fsp3) is 0.115. The molecule has 1 aliphatic rings. The minimum atomic E-state index is -0.778. The van der Waals surface area contributed by atoms with Crippen molar-refractivity contribution in [2.75, 3.05) is 0 Å². The number of hydrazone groups is 1. The van der Waals surface area contributed by atoms with Crippen molar-refractivity contribution in [3.8, 4) is 11.1 Å². The van der Waals surface area contributed by atoms with Gasteiger partial charge in [0.2, 0.25) is 5.91 Å². The van der Waals surface area contributed by atoms with Crippen molar-refractivity contribution in [1.29, 1.82) is 0 Å². The van der Waals surface area contributed by atoms with Crippen LogP contribution in [0.5, 0.6) is 0 Å². The maximum atomic E-state index is 14.8. The summed E-state index contributed by atoms with van der Waals surface area (Å²) in [5, 5.41) is 7.12. The van der Waals surface area contributed by atoms with Gasteiger partial charge in [-0.15, -0.1) is 0 Å². The van der Waals surface area contributed by atoms with E-state index in [0.717, 1.165) is 10.9 Å². The highest BCUT2D eigenvalue weighted by molar-refractivity contribution is 6.32. The number of amides is 1. The molecule has 1 aromatic heterocycles. The average molecular weight is 494 g/mol. The van der Waals surface area contributed by atoms with E-state index < -0.39 is 11.9 Å². The Hall–Kier alpha value is -3.48. The van der Waals surface area contributed by atoms with Gasteiger partial charge in [-0.05, 0) is 35.9 Å². The van der Waals surface area contributed by atoms with Crippen molar-refractivity contribution in [3.63, 3.8) is 0 Å². The summed E-state index contributed by atoms with van der Waals surface area (Å²) in [5.74, 6) is -0.927. The zero-order chi connectivity index (χ0) is 24.0. The van der Waals surface area contributed by atoms with E-state index in [2.05, 4.69) is 10.1 Å². The molecule has 0 spiro atoms. The van der Waals surface area contributed by atoms with Crippen molar-refractivity contribution in [2.24, 2.45) is 5.10 Å². The van der Waals surface area contributed by atoms with E-state index in [-0.39, 0.29) is 28.5 Å². The monoisotopic (exact) mass is 493 g/mol. The number of pyridine rings is 1. The van der Waals surface area contributed by atoms with Gasteiger partial charge in [-0.3, -0.25) is 9.59 Å². The third-order valence-electron chi connectivity index (χ3n) is 5.89. The summed E-state index contributed by atoms with van der Waals surface area (Å²) in [6, 6.07) is 18.2. The van der Waals surface area contributed by atoms with Gasteiger partial charge in [0.25, 0.3) is 5.56 Å². The molecule has 0 unspecified atom stereocenters. The van der Waals surface area contributed by atoms with Gasteiger partial charge in [0.1, 0.15) is 5.82 Å². The first-order valence-corrected chi connectivity index (χ1v) is 11.3. The molecule has 34 heavy (non-hydrogen) atoms. The van der Waals surface area contributed by atoms with E-state index in [1.165, 1.54) is 24.1 Å². The molecule has 0 radical (unpaired) electrons. The van der Waals surface area contributed by atoms with Crippen molar-refractivity contribution < 1.29 is 9.18 Å². The third kappa shape index (κ3) is 3.79. The number of fused-ring (bicyclic) bond motifs is 1. The van der Waals surface area contributed by atoms with Crippen LogP contribution in [0.15, 0.2) is 76.6 Å². The fourth-order valence-electron chi connectivity index (χ4n) is 4.45. The Kier molecular flexibility index (Phi) is 5.71. The van der Waals surface area contributed by atoms with Crippen LogP contribution in [-0.2, 0) is 4.79 Å². The molecule has 5 nitrogen and oxygen atoms in total. The fourth-order valence-corrected chi connectivity index (χ4v) is 4.91. The summed E-state index contributed by atoms with van der Waals surface area (Å²) < 4.78 is 14.8. The molecular formula is C26H18Cl2FN3O2. The number of halogens is 3. The van der Waals surface area contributed by atoms with Crippen molar-refractivity contribution in [2.45, 2.75) is 19.4 Å². The predicted molar refractivity (Wildman–Crippen MR) is 133 cm³/mol. The lowest BCUT2D eigenvalue weighted by atomic mass is 9.91. The lowest BCUT2D eigenvalue weighted by Crippen LogP contribution is -2.25. The summed E-state index contributed by atoms with van der Waals surface area (Å²) in [5.41, 5.74) is 2.52. The molecule has 1 atom stereocenters. The van der Waals surface area contributed by atoms with Crippen LogP contribution in [0.3, 0.4) is 0 Å². The SMILES string of the molecule is CC(=O)N1N=C(c2c(-c3ccccc3)c3cc(Cl)ccc3[nH]c2=O)C[C@H]1c1c(F)cccc1Cl. The van der Waals surface area contributed by atoms with Gasteiger partial charge in [0, 0.05) is 45.4 Å². The number of benzene rings is 3. The van der Waals surface area contributed by atoms with E-state index in [4.69, 9.17) is 23.2 Å². The Bertz CT molecular complexity index is 1510. The highest BCUT2D eigenvalue weighted by atomic mass is 35.5. The average Bonchev–Trinajstić information content (AvgIpc) is 3.24. The maximum absolute atomic E-state index is 14.8. The highest BCUT2D eigenvalue weighted by Crippen LogP contribution is 2.40. The summed E-state index contributed by atoms with van der Waals surface area (Å²) >= 11 is 12.6. The lowest BCUT2D eigenvalue weighted by Gasteiger charge is -2.21. The standard InChI is InChI=1S/C26H18Cl2FN3O2/c1-14(33)32-22(24-18(28)8-5-9-19(24)29)13-21(31-32)25-23(15-6-3-2-4-7-15)17-12-16(27)10-11-20(17)30-26(25)34/h2-12,22H,13H2,1H3,(H,30,34)/t22-/m0/s1. The molecule has 0 saturated carbocycles. The highest BCUT2D eigenvalue weighted by Gasteiger charge is 2.36. The van der Waals surface area contributed by atoms with Crippen LogP contribution in [0.1, 0.15) is 30.5 Å². The molecule has 0 aliphatic carbocycles. The summed E-state index contributed by atoms with van der Waals surface area (Å²) in [6.07, 6.45) is 0.120. The van der Waals surface area contributed by atoms with Crippen LogP contribution >= 0.6 is 23.2 Å². The molecular weight excluding hydrogens is 476 g/mol. The molecule has 4 aromatic rings. The van der Waals surface area contributed by atoms with Gasteiger partial charge >= 0.3 is 0 Å². The smallest absolute Gasteiger partial charge is 0.258 e. The van der Waals surface area contributed by atoms with Crippen LogP contribution in [0.4, 0.5) is 4.39 Å². The number of aromatic nitrogens is 1. The maximum Gasteiger partial charge on any atom is 0.258 e. The number of H-pyrrole nitrogens is 1. The van der Waals surface area contributed by atoms with E-state index >= 15 is 0 Å². The number of aromatic amines is 1. The van der Waals surface area contributed by atoms with E-state index in [1.54, 1.807) is 24.3 Å². The number of nitrogens with one attached hydrogen (secondary N) is 1. The normalized spacial score (nSPS) is 15.6. The summed E-state index contributed by atoms with van der Waals surface area (Å²) in [7, 11) is 0. The third-order valence-corrected chi connectivity index (χ3v) is 6.46. The zero-order valence-corrected chi connectivity index (χ0v) is 19.5. The van der Waals surface area contributed by atoms with Gasteiger partial charge in [-0.1, -0.05) is 59.6 Å². The Morgan fingerprint density at radius 2 is 1.82 bits per heavy atom. The number of carbonyl (C=O) groups is 1. The van der Waals surface area contributed by atoms with Crippen molar-refractivity contribution in [3.05, 3.63) is 104 Å². The predicted octanol–water partition coefficient (Wildman–Crippen LogP) is 6.34. The van der Waals surface area contributed by atoms with Crippen LogP contribution < -0.4 is 5.56 Å². The molecule has 1 amide bonds. The number of hydrogen-bond acceptors (Lipinski definition) is 3. The second-order valence-electron chi connectivity index (χ2n) is 8.03. The van der Waals surface area contributed by atoms with Crippen LogP contribution in [0.25, 0.3) is 22.0 Å². The van der Waals surface area contributed by atoms with Gasteiger partial charge in [-0.25, -0.2) is 9.40 Å². The Morgan fingerprint density at radius 1 is 1.06 bits per heavy atom. The summed E-state index contributed by atoms with van der Waals surface area (Å²) in [4.78, 5) is 28.8. The molecule has 8 heteroatoms. The van der Waals surface area contributed by atoms with Gasteiger partial charge in [0.15, 0.2) is 0 Å². The number of nitrogens with zero attached hydrogens (tertiary/aromatic N) is 2. The molecule has 170 valence electrons. The van der Waals surface area contributed by atoms with Crippen molar-refractivity contribution >= 4 is 45.7 Å². The number of carbonyl (C=O) groups excluding carboxylic acids is 1. The minimum absolute atomic E-state index is 0.120. The molecule has 2 heterocycles. The van der Waals surface area contributed by atoms with E-state index in [0.29, 0.717) is 27.4 Å². The van der Waals surface area contributed by atoms with Crippen molar-refractivity contribution in [1.82, 2.24) is 9.99 Å². The van der Waals surface area contributed by atoms with Gasteiger partial charge in [0.05, 0.1) is 17.3 Å². The van der Waals surface area contributed by atoms with Crippen LogP contribution in [0.2, 0.25) is 10.0 Å².